The number of amides is 3. The Morgan fingerprint density at radius 3 is 2.59 bits per heavy atom. The maximum absolute atomic E-state index is 12.8. The van der Waals surface area contributed by atoms with Gasteiger partial charge in [0.2, 0.25) is 11.1 Å². The number of nitrogens with zero attached hydrogens (tertiary/aromatic N) is 5. The van der Waals surface area contributed by atoms with E-state index in [1.54, 1.807) is 37.4 Å². The Balaban J connectivity index is 1.29. The number of carboxylic acid groups (broad SMARTS) is 2. The largest absolute Gasteiger partial charge is 0.480 e. The number of carbonyl (C=O) groups is 5. The lowest BCUT2D eigenvalue weighted by Crippen LogP contribution is -2.70. The number of rotatable bonds is 12. The van der Waals surface area contributed by atoms with Gasteiger partial charge >= 0.3 is 11.9 Å². The summed E-state index contributed by atoms with van der Waals surface area (Å²) in [6.07, 6.45) is 0.0957. The summed E-state index contributed by atoms with van der Waals surface area (Å²) in [5.41, 5.74) is 0.768. The van der Waals surface area contributed by atoms with Crippen LogP contribution in [0.25, 0.3) is 0 Å². The fourth-order valence-corrected chi connectivity index (χ4v) is 6.43. The second-order valence-electron chi connectivity index (χ2n) is 8.71. The molecule has 39 heavy (non-hydrogen) atoms. The molecule has 2 unspecified atom stereocenters. The molecule has 2 aliphatic rings. The Labute approximate surface area is 230 Å². The number of benzene rings is 1. The van der Waals surface area contributed by atoms with Gasteiger partial charge in [0.1, 0.15) is 23.2 Å². The van der Waals surface area contributed by atoms with E-state index in [0.717, 1.165) is 0 Å². The molecule has 0 aliphatic carbocycles. The normalized spacial score (nSPS) is 19.1. The Morgan fingerprint density at radius 2 is 1.95 bits per heavy atom. The van der Waals surface area contributed by atoms with Crippen molar-refractivity contribution >= 4 is 53.2 Å². The molecule has 0 bridgehead atoms. The second-order valence-corrected chi connectivity index (χ2v) is 10.8. The molecule has 4 rings (SSSR count). The molecule has 3 amide bonds. The highest BCUT2D eigenvalue weighted by molar-refractivity contribution is 8.01. The van der Waals surface area contributed by atoms with Gasteiger partial charge in [0.25, 0.3) is 11.8 Å². The molecule has 2 aromatic rings. The fraction of sp³-hybridized carbons (Fsp3) is 0.391. The Morgan fingerprint density at radius 1 is 1.21 bits per heavy atom. The summed E-state index contributed by atoms with van der Waals surface area (Å²) in [6, 6.07) is 6.11. The summed E-state index contributed by atoms with van der Waals surface area (Å²) in [5.74, 6) is -3.36. The molecule has 0 radical (unpaired) electrons. The van der Waals surface area contributed by atoms with Crippen LogP contribution in [0.3, 0.4) is 0 Å². The standard InChI is InChI=1S/C23H25N7O7S2/c1-29-23(26-27-28-29)39-11-13-10-38-20-16(19(33)30(20)17(13)22(36)37)25-15(31)9-5-8-14(21(34)35)24-18(32)12-6-3-2-4-7-12/h2-4,6-7,14,16,20H,5,8-11H2,1H3,(H,24,32)(H,25,31)(H,34,35)(H,36,37)/t14?,16?,20-/m0/s1. The zero-order chi connectivity index (χ0) is 28.1. The number of aryl methyl sites for hydroxylation is 1. The van der Waals surface area contributed by atoms with Crippen molar-refractivity contribution in [2.24, 2.45) is 7.05 Å². The highest BCUT2D eigenvalue weighted by Crippen LogP contribution is 2.41. The van der Waals surface area contributed by atoms with E-state index in [9.17, 15) is 34.2 Å². The first-order valence-corrected chi connectivity index (χ1v) is 13.8. The first kappa shape index (κ1) is 28.1. The van der Waals surface area contributed by atoms with Crippen LogP contribution >= 0.6 is 23.5 Å². The quantitative estimate of drug-likeness (QED) is 0.197. The molecular formula is C23H25N7O7S2. The van der Waals surface area contributed by atoms with E-state index < -0.39 is 47.1 Å². The van der Waals surface area contributed by atoms with E-state index in [0.29, 0.717) is 22.0 Å². The van der Waals surface area contributed by atoms with Gasteiger partial charge in [0, 0.05) is 30.5 Å². The monoisotopic (exact) mass is 575 g/mol. The first-order chi connectivity index (χ1) is 18.7. The van der Waals surface area contributed by atoms with Crippen LogP contribution in [0.1, 0.15) is 29.6 Å². The summed E-state index contributed by atoms with van der Waals surface area (Å²) >= 11 is 2.60. The summed E-state index contributed by atoms with van der Waals surface area (Å²) in [4.78, 5) is 62.4. The fourth-order valence-electron chi connectivity index (χ4n) is 4.09. The van der Waals surface area contributed by atoms with Gasteiger partial charge in [0.05, 0.1) is 0 Å². The van der Waals surface area contributed by atoms with Crippen molar-refractivity contribution in [2.75, 3.05) is 11.5 Å². The van der Waals surface area contributed by atoms with Crippen LogP contribution < -0.4 is 10.6 Å². The van der Waals surface area contributed by atoms with Crippen LogP contribution in [-0.2, 0) is 26.2 Å². The van der Waals surface area contributed by atoms with Crippen molar-refractivity contribution < 1.29 is 34.2 Å². The molecule has 1 aromatic heterocycles. The van der Waals surface area contributed by atoms with Crippen LogP contribution in [0.5, 0.6) is 0 Å². The number of carbonyl (C=O) groups excluding carboxylic acids is 3. The lowest BCUT2D eigenvalue weighted by Gasteiger charge is -2.49. The maximum atomic E-state index is 12.8. The number of fused-ring (bicyclic) bond motifs is 1. The Bertz CT molecular complexity index is 1320. The molecule has 3 heterocycles. The summed E-state index contributed by atoms with van der Waals surface area (Å²) in [5, 5.41) is 35.4. The van der Waals surface area contributed by atoms with Crippen molar-refractivity contribution in [1.82, 2.24) is 35.7 Å². The Kier molecular flexibility index (Phi) is 8.86. The second kappa shape index (κ2) is 12.3. The van der Waals surface area contributed by atoms with Gasteiger partial charge in [-0.05, 0) is 41.0 Å². The van der Waals surface area contributed by atoms with Gasteiger partial charge in [-0.3, -0.25) is 19.3 Å². The molecular weight excluding hydrogens is 550 g/mol. The van der Waals surface area contributed by atoms with E-state index in [2.05, 4.69) is 26.2 Å². The number of hydrogen-bond acceptors (Lipinski definition) is 10. The number of carboxylic acids is 2. The molecule has 4 N–H and O–H groups in total. The zero-order valence-corrected chi connectivity index (χ0v) is 22.3. The highest BCUT2D eigenvalue weighted by atomic mass is 32.2. The zero-order valence-electron chi connectivity index (χ0n) is 20.6. The third kappa shape index (κ3) is 6.39. The Hall–Kier alpha value is -3.92. The number of aromatic nitrogens is 4. The van der Waals surface area contributed by atoms with Crippen molar-refractivity contribution in [3.63, 3.8) is 0 Å². The average Bonchev–Trinajstić information content (AvgIpc) is 3.33. The average molecular weight is 576 g/mol. The van der Waals surface area contributed by atoms with Gasteiger partial charge < -0.3 is 20.8 Å². The summed E-state index contributed by atoms with van der Waals surface area (Å²) in [6.45, 7) is 0. The molecule has 3 atom stereocenters. The number of tetrazole rings is 1. The summed E-state index contributed by atoms with van der Waals surface area (Å²) in [7, 11) is 1.66. The maximum Gasteiger partial charge on any atom is 0.352 e. The van der Waals surface area contributed by atoms with Crippen molar-refractivity contribution in [3.8, 4) is 0 Å². The lowest BCUT2D eigenvalue weighted by molar-refractivity contribution is -0.150. The molecule has 14 nitrogen and oxygen atoms in total. The molecule has 2 aliphatic heterocycles. The van der Waals surface area contributed by atoms with Crippen LogP contribution in [0.2, 0.25) is 0 Å². The predicted molar refractivity (Wildman–Crippen MR) is 138 cm³/mol. The third-order valence-corrected chi connectivity index (χ3v) is 8.50. The predicted octanol–water partition coefficient (Wildman–Crippen LogP) is 0.0943. The van der Waals surface area contributed by atoms with E-state index >= 15 is 0 Å². The third-order valence-electron chi connectivity index (χ3n) is 6.06. The lowest BCUT2D eigenvalue weighted by atomic mass is 10.0. The molecule has 1 aromatic carbocycles. The van der Waals surface area contributed by atoms with E-state index in [-0.39, 0.29) is 30.7 Å². The minimum absolute atomic E-state index is 0.0121. The van der Waals surface area contributed by atoms with Crippen LogP contribution in [0.15, 0.2) is 46.8 Å². The molecule has 1 saturated heterocycles. The van der Waals surface area contributed by atoms with Gasteiger partial charge in [-0.1, -0.05) is 30.0 Å². The van der Waals surface area contributed by atoms with Crippen molar-refractivity contribution in [1.29, 1.82) is 0 Å². The van der Waals surface area contributed by atoms with Crippen LogP contribution in [-0.4, -0.2) is 93.9 Å². The van der Waals surface area contributed by atoms with E-state index in [1.807, 2.05) is 0 Å². The number of hydrogen-bond donors (Lipinski definition) is 4. The van der Waals surface area contributed by atoms with Gasteiger partial charge in [-0.2, -0.15) is 0 Å². The molecule has 1 fully saturated rings. The number of β-lactam (4-membered cyclic amide) rings is 1. The topological polar surface area (TPSA) is 197 Å². The van der Waals surface area contributed by atoms with Crippen LogP contribution in [0, 0.1) is 0 Å². The molecule has 0 spiro atoms. The SMILES string of the molecule is Cn1nnnc1SCC1=C(C(=O)O)N2C(=O)C(NC(=O)CCCC(NC(=O)c3ccccc3)C(=O)O)[C@@H]2SC1. The van der Waals surface area contributed by atoms with Crippen LogP contribution in [0.4, 0.5) is 0 Å². The van der Waals surface area contributed by atoms with Gasteiger partial charge in [-0.25, -0.2) is 14.3 Å². The number of thioether (sulfide) groups is 2. The van der Waals surface area contributed by atoms with E-state index in [4.69, 9.17) is 0 Å². The van der Waals surface area contributed by atoms with Crippen molar-refractivity contribution in [3.05, 3.63) is 47.2 Å². The smallest absolute Gasteiger partial charge is 0.352 e. The summed E-state index contributed by atoms with van der Waals surface area (Å²) < 4.78 is 1.46. The van der Waals surface area contributed by atoms with E-state index in [1.165, 1.54) is 33.1 Å². The number of aliphatic carboxylic acids is 2. The van der Waals surface area contributed by atoms with Gasteiger partial charge in [-0.15, -0.1) is 16.9 Å². The first-order valence-electron chi connectivity index (χ1n) is 11.8. The van der Waals surface area contributed by atoms with Gasteiger partial charge in [0.15, 0.2) is 0 Å². The molecule has 206 valence electrons. The highest BCUT2D eigenvalue weighted by Gasteiger charge is 2.54. The minimum Gasteiger partial charge on any atom is -0.480 e. The minimum atomic E-state index is -1.23. The molecule has 16 heteroatoms. The van der Waals surface area contributed by atoms with Crippen molar-refractivity contribution in [2.45, 2.75) is 41.9 Å². The number of nitrogens with one attached hydrogen (secondary N) is 2. The molecule has 0 saturated carbocycles.